The molecule has 1 aliphatic heterocycles. The fourth-order valence-electron chi connectivity index (χ4n) is 3.25. The maximum Gasteiger partial charge on any atom is 0.258 e. The number of nitrogens with zero attached hydrogens (tertiary/aromatic N) is 2. The van der Waals surface area contributed by atoms with Crippen molar-refractivity contribution in [2.45, 2.75) is 32.3 Å². The first-order chi connectivity index (χ1) is 14.7. The zero-order valence-corrected chi connectivity index (χ0v) is 17.0. The summed E-state index contributed by atoms with van der Waals surface area (Å²) in [6, 6.07) is 15.2. The molecule has 0 bridgehead atoms. The van der Waals surface area contributed by atoms with Crippen molar-refractivity contribution >= 4 is 5.91 Å². The number of carbonyl (C=O) groups is 1. The number of ether oxygens (including phenoxy) is 2. The van der Waals surface area contributed by atoms with Crippen LogP contribution in [0.1, 0.15) is 24.8 Å². The van der Waals surface area contributed by atoms with E-state index in [0.29, 0.717) is 24.0 Å². The fraction of sp³-hybridized carbons (Fsp3) is 0.348. The van der Waals surface area contributed by atoms with Gasteiger partial charge in [0.2, 0.25) is 5.82 Å². The number of aromatic nitrogens is 2. The second-order valence-electron chi connectivity index (χ2n) is 7.39. The highest BCUT2D eigenvalue weighted by Gasteiger charge is 2.15. The summed E-state index contributed by atoms with van der Waals surface area (Å²) in [4.78, 5) is 16.4. The van der Waals surface area contributed by atoms with Crippen LogP contribution in [-0.4, -0.2) is 41.9 Å². The number of amides is 1. The van der Waals surface area contributed by atoms with E-state index in [2.05, 4.69) is 15.5 Å². The van der Waals surface area contributed by atoms with Crippen LogP contribution in [0.2, 0.25) is 0 Å². The predicted octanol–water partition coefficient (Wildman–Crippen LogP) is 3.78. The Labute approximate surface area is 175 Å². The van der Waals surface area contributed by atoms with Gasteiger partial charge in [-0.25, -0.2) is 0 Å². The first kappa shape index (κ1) is 20.1. The number of benzene rings is 2. The standard InChI is InChI=1S/C23H25N3O4/c1-16-5-7-18(8-6-16)23-25-22(26-30-23)17-9-11-19(12-10-17)29-15-21(27)24-14-20-4-2-3-13-28-20/h5-12,20H,2-4,13-15H2,1H3,(H,24,27). The van der Waals surface area contributed by atoms with Gasteiger partial charge in [-0.2, -0.15) is 4.98 Å². The lowest BCUT2D eigenvalue weighted by Gasteiger charge is -2.22. The molecule has 1 amide bonds. The summed E-state index contributed by atoms with van der Waals surface area (Å²) in [6.07, 6.45) is 3.35. The van der Waals surface area contributed by atoms with E-state index < -0.39 is 0 Å². The second-order valence-corrected chi connectivity index (χ2v) is 7.39. The summed E-state index contributed by atoms with van der Waals surface area (Å²) in [5.41, 5.74) is 2.86. The monoisotopic (exact) mass is 407 g/mol. The molecule has 1 unspecified atom stereocenters. The zero-order chi connectivity index (χ0) is 20.8. The lowest BCUT2D eigenvalue weighted by atomic mass is 10.1. The summed E-state index contributed by atoms with van der Waals surface area (Å²) in [7, 11) is 0. The molecule has 7 heteroatoms. The van der Waals surface area contributed by atoms with Crippen molar-refractivity contribution in [3.63, 3.8) is 0 Å². The van der Waals surface area contributed by atoms with Crippen LogP contribution in [0.4, 0.5) is 0 Å². The van der Waals surface area contributed by atoms with Gasteiger partial charge in [0.1, 0.15) is 5.75 Å². The van der Waals surface area contributed by atoms with Crippen LogP contribution in [0.3, 0.4) is 0 Å². The normalized spacial score (nSPS) is 16.2. The molecule has 1 atom stereocenters. The summed E-state index contributed by atoms with van der Waals surface area (Å²) in [5, 5.41) is 6.92. The Kier molecular flexibility index (Phi) is 6.39. The number of nitrogens with one attached hydrogen (secondary N) is 1. The van der Waals surface area contributed by atoms with Gasteiger partial charge >= 0.3 is 0 Å². The van der Waals surface area contributed by atoms with Crippen LogP contribution in [-0.2, 0) is 9.53 Å². The minimum absolute atomic E-state index is 0.0359. The summed E-state index contributed by atoms with van der Waals surface area (Å²) in [5.74, 6) is 1.42. The maximum absolute atomic E-state index is 12.0. The van der Waals surface area contributed by atoms with E-state index in [0.717, 1.165) is 37.0 Å². The molecule has 1 N–H and O–H groups in total. The Morgan fingerprint density at radius 1 is 1.10 bits per heavy atom. The van der Waals surface area contributed by atoms with Crippen LogP contribution < -0.4 is 10.1 Å². The molecule has 0 spiro atoms. The van der Waals surface area contributed by atoms with Gasteiger partial charge in [-0.05, 0) is 62.6 Å². The molecule has 1 aliphatic rings. The minimum atomic E-state index is -0.158. The van der Waals surface area contributed by atoms with E-state index >= 15 is 0 Å². The first-order valence-electron chi connectivity index (χ1n) is 10.2. The molecule has 30 heavy (non-hydrogen) atoms. The van der Waals surface area contributed by atoms with Crippen molar-refractivity contribution in [3.05, 3.63) is 54.1 Å². The predicted molar refractivity (Wildman–Crippen MR) is 112 cm³/mol. The summed E-state index contributed by atoms with van der Waals surface area (Å²) < 4.78 is 16.5. The van der Waals surface area contributed by atoms with Crippen molar-refractivity contribution in [3.8, 4) is 28.6 Å². The van der Waals surface area contributed by atoms with Crippen LogP contribution in [0.25, 0.3) is 22.8 Å². The van der Waals surface area contributed by atoms with Gasteiger partial charge < -0.3 is 19.3 Å². The third-order valence-corrected chi connectivity index (χ3v) is 5.01. The molecule has 1 fully saturated rings. The molecule has 3 aromatic rings. The Bertz CT molecular complexity index is 961. The lowest BCUT2D eigenvalue weighted by Crippen LogP contribution is -2.37. The van der Waals surface area contributed by atoms with E-state index in [9.17, 15) is 4.79 Å². The largest absolute Gasteiger partial charge is 0.484 e. The summed E-state index contributed by atoms with van der Waals surface area (Å²) in [6.45, 7) is 3.30. The third kappa shape index (κ3) is 5.24. The highest BCUT2D eigenvalue weighted by molar-refractivity contribution is 5.77. The number of rotatable bonds is 7. The Morgan fingerprint density at radius 3 is 2.60 bits per heavy atom. The second kappa shape index (κ2) is 9.54. The molecule has 2 aromatic carbocycles. The molecule has 0 radical (unpaired) electrons. The Hall–Kier alpha value is -3.19. The zero-order valence-electron chi connectivity index (χ0n) is 17.0. The average Bonchev–Trinajstić information content (AvgIpc) is 3.28. The van der Waals surface area contributed by atoms with Crippen molar-refractivity contribution in [1.82, 2.24) is 15.5 Å². The molecule has 156 valence electrons. The SMILES string of the molecule is Cc1ccc(-c2nc(-c3ccc(OCC(=O)NCC4CCCCO4)cc3)no2)cc1. The van der Waals surface area contributed by atoms with Gasteiger partial charge in [-0.1, -0.05) is 22.9 Å². The van der Waals surface area contributed by atoms with Gasteiger partial charge in [-0.15, -0.1) is 0 Å². The fourth-order valence-corrected chi connectivity index (χ4v) is 3.25. The first-order valence-corrected chi connectivity index (χ1v) is 10.2. The topological polar surface area (TPSA) is 86.5 Å². The van der Waals surface area contributed by atoms with Gasteiger partial charge in [0.15, 0.2) is 6.61 Å². The van der Waals surface area contributed by atoms with Crippen LogP contribution >= 0.6 is 0 Å². The molecule has 1 saturated heterocycles. The lowest BCUT2D eigenvalue weighted by molar-refractivity contribution is -0.124. The van der Waals surface area contributed by atoms with Crippen LogP contribution in [0.15, 0.2) is 53.1 Å². The number of hydrogen-bond donors (Lipinski definition) is 1. The third-order valence-electron chi connectivity index (χ3n) is 5.01. The van der Waals surface area contributed by atoms with E-state index in [1.54, 1.807) is 12.1 Å². The van der Waals surface area contributed by atoms with E-state index in [1.807, 2.05) is 43.3 Å². The smallest absolute Gasteiger partial charge is 0.258 e. The molecule has 7 nitrogen and oxygen atoms in total. The van der Waals surface area contributed by atoms with Gasteiger partial charge in [0, 0.05) is 24.3 Å². The molecule has 0 saturated carbocycles. The van der Waals surface area contributed by atoms with Gasteiger partial charge in [0.25, 0.3) is 11.8 Å². The quantitative estimate of drug-likeness (QED) is 0.642. The molecular weight excluding hydrogens is 382 g/mol. The van der Waals surface area contributed by atoms with Crippen molar-refractivity contribution in [2.75, 3.05) is 19.8 Å². The number of aryl methyl sites for hydroxylation is 1. The summed E-state index contributed by atoms with van der Waals surface area (Å²) >= 11 is 0. The highest BCUT2D eigenvalue weighted by atomic mass is 16.5. The Morgan fingerprint density at radius 2 is 1.87 bits per heavy atom. The van der Waals surface area contributed by atoms with Crippen molar-refractivity contribution in [2.24, 2.45) is 0 Å². The minimum Gasteiger partial charge on any atom is -0.484 e. The molecule has 0 aliphatic carbocycles. The van der Waals surface area contributed by atoms with Gasteiger partial charge in [0.05, 0.1) is 6.10 Å². The van der Waals surface area contributed by atoms with Crippen molar-refractivity contribution in [1.29, 1.82) is 0 Å². The number of carbonyl (C=O) groups excluding carboxylic acids is 1. The van der Waals surface area contributed by atoms with Crippen LogP contribution in [0, 0.1) is 6.92 Å². The Balaban J connectivity index is 1.28. The molecule has 1 aromatic heterocycles. The van der Waals surface area contributed by atoms with Crippen LogP contribution in [0.5, 0.6) is 5.75 Å². The average molecular weight is 407 g/mol. The maximum atomic E-state index is 12.0. The molecule has 4 rings (SSSR count). The van der Waals surface area contributed by atoms with E-state index in [-0.39, 0.29) is 18.6 Å². The van der Waals surface area contributed by atoms with E-state index in [1.165, 1.54) is 5.56 Å². The van der Waals surface area contributed by atoms with E-state index in [4.69, 9.17) is 14.0 Å². The van der Waals surface area contributed by atoms with Gasteiger partial charge in [-0.3, -0.25) is 4.79 Å². The van der Waals surface area contributed by atoms with Crippen molar-refractivity contribution < 1.29 is 18.8 Å². The molecule has 2 heterocycles. The highest BCUT2D eigenvalue weighted by Crippen LogP contribution is 2.24. The molecular formula is C23H25N3O4. The number of hydrogen-bond acceptors (Lipinski definition) is 6.